The molecule has 1 aromatic carbocycles. The van der Waals surface area contributed by atoms with Gasteiger partial charge in [0.1, 0.15) is 12.1 Å². The fraction of sp³-hybridized carbons (Fsp3) is 0.516. The number of aliphatic carboxylic acids is 1. The van der Waals surface area contributed by atoms with Crippen molar-refractivity contribution < 1.29 is 48.2 Å². The minimum absolute atomic E-state index is 0.0744. The number of carbonyl (C=O) groups excluding carboxylic acids is 5. The summed E-state index contributed by atoms with van der Waals surface area (Å²) in [5.41, 5.74) is 0.402. The van der Waals surface area contributed by atoms with Crippen LogP contribution in [0.3, 0.4) is 0 Å². The van der Waals surface area contributed by atoms with Crippen molar-refractivity contribution in [2.45, 2.75) is 57.2 Å². The first-order valence-electron chi connectivity index (χ1n) is 15.9. The molecule has 2 aromatic rings. The van der Waals surface area contributed by atoms with Crippen LogP contribution in [0.15, 0.2) is 36.4 Å². The molecule has 0 spiro atoms. The van der Waals surface area contributed by atoms with Crippen molar-refractivity contribution >= 4 is 35.8 Å². The normalized spacial score (nSPS) is 18.2. The van der Waals surface area contributed by atoms with E-state index in [-0.39, 0.29) is 69.2 Å². The Bertz CT molecular complexity index is 1500. The van der Waals surface area contributed by atoms with Gasteiger partial charge in [-0.25, -0.2) is 9.48 Å². The molecule has 1 aromatic heterocycles. The number of nitrogens with one attached hydrogen (secondary N) is 2. The Kier molecular flexibility index (Phi) is 11.1. The number of carboxylic acid groups (broad SMARTS) is 1. The van der Waals surface area contributed by atoms with Crippen LogP contribution in [0.4, 0.5) is 4.79 Å². The third-order valence-electron chi connectivity index (χ3n) is 8.09. The summed E-state index contributed by atoms with van der Waals surface area (Å²) in [6.45, 7) is 2.51. The van der Waals surface area contributed by atoms with Crippen LogP contribution in [0.25, 0.3) is 5.69 Å². The molecule has 0 bridgehead atoms. The summed E-state index contributed by atoms with van der Waals surface area (Å²) in [7, 11) is 0. The molecule has 5 rings (SSSR count). The van der Waals surface area contributed by atoms with Crippen LogP contribution in [0.1, 0.15) is 49.5 Å². The Hall–Kier alpha value is -5.19. The Morgan fingerprint density at radius 2 is 1.73 bits per heavy atom. The lowest BCUT2D eigenvalue weighted by Gasteiger charge is -2.39. The molecule has 3 fully saturated rings. The van der Waals surface area contributed by atoms with Crippen LogP contribution in [0.2, 0.25) is 0 Å². The van der Waals surface area contributed by atoms with Crippen molar-refractivity contribution in [3.05, 3.63) is 42.1 Å². The van der Waals surface area contributed by atoms with E-state index in [0.717, 1.165) is 12.8 Å². The highest BCUT2D eigenvalue weighted by Gasteiger charge is 2.39. The van der Waals surface area contributed by atoms with Gasteiger partial charge in [-0.05, 0) is 44.7 Å². The molecular formula is C31H39N7O10. The Labute approximate surface area is 276 Å². The molecule has 3 aliphatic rings. The first-order valence-corrected chi connectivity index (χ1v) is 15.9. The molecular weight excluding hydrogens is 630 g/mol. The number of rotatable bonds is 14. The average Bonchev–Trinajstić information content (AvgIpc) is 3.75. The predicted molar refractivity (Wildman–Crippen MR) is 165 cm³/mol. The number of piperazine rings is 1. The highest BCUT2D eigenvalue weighted by Crippen LogP contribution is 2.24. The number of benzene rings is 1. The average molecular weight is 670 g/mol. The number of carboxylic acids is 1. The zero-order valence-electron chi connectivity index (χ0n) is 26.5. The van der Waals surface area contributed by atoms with E-state index in [2.05, 4.69) is 15.7 Å². The first kappa shape index (κ1) is 34.2. The van der Waals surface area contributed by atoms with E-state index < -0.39 is 48.5 Å². The fourth-order valence-corrected chi connectivity index (χ4v) is 5.26. The number of nitrogens with zero attached hydrogens (tertiary/aromatic N) is 5. The van der Waals surface area contributed by atoms with E-state index in [9.17, 15) is 33.9 Å². The number of amides is 4. The van der Waals surface area contributed by atoms with Gasteiger partial charge >= 0.3 is 12.1 Å². The van der Waals surface area contributed by atoms with Gasteiger partial charge in [-0.2, -0.15) is 5.10 Å². The number of carbonyl (C=O) groups is 6. The van der Waals surface area contributed by atoms with Gasteiger partial charge < -0.3 is 39.9 Å². The number of hydroxylamine groups is 2. The van der Waals surface area contributed by atoms with E-state index in [4.69, 9.17) is 14.3 Å². The molecule has 2 aliphatic heterocycles. The zero-order chi connectivity index (χ0) is 34.2. The third kappa shape index (κ3) is 8.78. The molecule has 0 unspecified atom stereocenters. The summed E-state index contributed by atoms with van der Waals surface area (Å²) < 4.78 is 11.9. The van der Waals surface area contributed by atoms with Crippen molar-refractivity contribution in [3.63, 3.8) is 0 Å². The van der Waals surface area contributed by atoms with Gasteiger partial charge in [0.2, 0.25) is 17.7 Å². The maximum Gasteiger partial charge on any atom is 0.527 e. The zero-order valence-corrected chi connectivity index (χ0v) is 26.5. The van der Waals surface area contributed by atoms with Crippen LogP contribution >= 0.6 is 0 Å². The SMILES string of the molecule is CCOC(=O)ON1CCN(C(=O)[C@H](CCC(=O)O)NC(=O)c2cc(OCC(=O)N3CC[C@H]3C(=O)NC3CC3)n(-c3ccccc3)n2)CC1. The highest BCUT2D eigenvalue weighted by atomic mass is 16.8. The quantitative estimate of drug-likeness (QED) is 0.233. The molecule has 3 N–H and O–H groups in total. The maximum atomic E-state index is 13.5. The third-order valence-corrected chi connectivity index (χ3v) is 8.09. The number of para-hydroxylation sites is 1. The molecule has 0 radical (unpaired) electrons. The fourth-order valence-electron chi connectivity index (χ4n) is 5.26. The number of hydrogen-bond acceptors (Lipinski definition) is 11. The van der Waals surface area contributed by atoms with Crippen LogP contribution in [0, 0.1) is 0 Å². The number of ether oxygens (including phenoxy) is 2. The molecule has 2 atom stereocenters. The van der Waals surface area contributed by atoms with Crippen molar-refractivity contribution in [3.8, 4) is 11.6 Å². The second-order valence-electron chi connectivity index (χ2n) is 11.6. The molecule has 17 nitrogen and oxygen atoms in total. The Balaban J connectivity index is 1.25. The van der Waals surface area contributed by atoms with Gasteiger partial charge in [-0.1, -0.05) is 18.2 Å². The van der Waals surface area contributed by atoms with E-state index in [0.29, 0.717) is 18.7 Å². The van der Waals surface area contributed by atoms with Gasteiger partial charge in [-0.15, -0.1) is 5.06 Å². The lowest BCUT2D eigenvalue weighted by molar-refractivity contribution is -0.157. The van der Waals surface area contributed by atoms with Crippen molar-refractivity contribution in [2.24, 2.45) is 0 Å². The summed E-state index contributed by atoms with van der Waals surface area (Å²) in [6, 6.07) is 8.52. The molecule has 48 heavy (non-hydrogen) atoms. The van der Waals surface area contributed by atoms with Crippen LogP contribution < -0.4 is 15.4 Å². The van der Waals surface area contributed by atoms with Crippen LogP contribution in [0.5, 0.6) is 5.88 Å². The van der Waals surface area contributed by atoms with E-state index in [1.807, 2.05) is 0 Å². The number of likely N-dealkylation sites (tertiary alicyclic amines) is 1. The van der Waals surface area contributed by atoms with Gasteiger partial charge in [-0.3, -0.25) is 24.0 Å². The summed E-state index contributed by atoms with van der Waals surface area (Å²) >= 11 is 0. The van der Waals surface area contributed by atoms with E-state index in [1.165, 1.54) is 25.6 Å². The standard InChI is InChI=1S/C31H39N7O10/c1-2-46-31(45)48-36-16-14-35(15-17-36)30(44)22(10-11-27(40)41)33-28(42)23-18-26(38(34-23)21-6-4-3-5-7-21)47-19-25(39)37-13-12-24(37)29(43)32-20-8-9-20/h3-7,18,20,22,24H,2,8-17,19H2,1H3,(H,32,43)(H,33,42)(H,40,41)/t22-,24-/m0/s1. The first-order chi connectivity index (χ1) is 23.1. The Morgan fingerprint density at radius 1 is 1.00 bits per heavy atom. The van der Waals surface area contributed by atoms with E-state index in [1.54, 1.807) is 37.3 Å². The molecule has 1 aliphatic carbocycles. The minimum Gasteiger partial charge on any atom is -0.481 e. The topological polar surface area (TPSA) is 202 Å². The summed E-state index contributed by atoms with van der Waals surface area (Å²) in [4.78, 5) is 83.4. The minimum atomic E-state index is -1.19. The smallest absolute Gasteiger partial charge is 0.481 e. The second-order valence-corrected chi connectivity index (χ2v) is 11.6. The monoisotopic (exact) mass is 669 g/mol. The lowest BCUT2D eigenvalue weighted by Crippen LogP contribution is -2.59. The van der Waals surface area contributed by atoms with Gasteiger partial charge in [0.25, 0.3) is 11.8 Å². The largest absolute Gasteiger partial charge is 0.527 e. The van der Waals surface area contributed by atoms with Gasteiger partial charge in [0.15, 0.2) is 12.3 Å². The van der Waals surface area contributed by atoms with Gasteiger partial charge in [0.05, 0.1) is 25.4 Å². The summed E-state index contributed by atoms with van der Waals surface area (Å²) in [6.07, 6.45) is 1.03. The molecule has 4 amide bonds. The van der Waals surface area contributed by atoms with Crippen molar-refractivity contribution in [2.75, 3.05) is 45.9 Å². The second kappa shape index (κ2) is 15.6. The van der Waals surface area contributed by atoms with Crippen molar-refractivity contribution in [1.82, 2.24) is 35.3 Å². The van der Waals surface area contributed by atoms with Crippen LogP contribution in [-0.4, -0.2) is 130 Å². The van der Waals surface area contributed by atoms with Crippen LogP contribution in [-0.2, 0) is 28.8 Å². The van der Waals surface area contributed by atoms with Crippen molar-refractivity contribution in [1.29, 1.82) is 0 Å². The molecule has 3 heterocycles. The predicted octanol–water partition coefficient (Wildman–Crippen LogP) is 0.326. The number of aromatic nitrogens is 2. The molecule has 17 heteroatoms. The molecule has 258 valence electrons. The summed E-state index contributed by atoms with van der Waals surface area (Å²) in [5, 5.41) is 20.6. The number of hydrogen-bond donors (Lipinski definition) is 3. The molecule has 1 saturated carbocycles. The van der Waals surface area contributed by atoms with Gasteiger partial charge in [0, 0.05) is 38.2 Å². The molecule has 2 saturated heterocycles. The maximum absolute atomic E-state index is 13.5. The highest BCUT2D eigenvalue weighted by molar-refractivity contribution is 5.96. The Morgan fingerprint density at radius 3 is 2.35 bits per heavy atom. The lowest BCUT2D eigenvalue weighted by atomic mass is 10.0. The summed E-state index contributed by atoms with van der Waals surface area (Å²) in [5.74, 6) is -2.89. The van der Waals surface area contributed by atoms with E-state index >= 15 is 0 Å².